The predicted molar refractivity (Wildman–Crippen MR) is 130 cm³/mol. The van der Waals surface area contributed by atoms with E-state index < -0.39 is 16.9 Å². The number of carbonyl (C=O) groups is 1. The first kappa shape index (κ1) is 21.6. The standard InChI is InChI=1S/C27H22N2O5/c1-4-17-8-10-19(11-9-17)28-24(18-6-5-7-20(14-18)29(32)33)23-25(30)21-12-15(2)16(3)13-22(21)34-26(23)27(28)31/h5-14,24H,4H2,1-3H3. The van der Waals surface area contributed by atoms with Gasteiger partial charge in [0.1, 0.15) is 5.58 Å². The Morgan fingerprint density at radius 3 is 2.38 bits per heavy atom. The molecule has 0 bridgehead atoms. The lowest BCUT2D eigenvalue weighted by atomic mass is 9.97. The van der Waals surface area contributed by atoms with Crippen molar-refractivity contribution in [2.24, 2.45) is 0 Å². The minimum Gasteiger partial charge on any atom is -0.450 e. The lowest BCUT2D eigenvalue weighted by Crippen LogP contribution is -2.29. The van der Waals surface area contributed by atoms with Gasteiger partial charge in [-0.3, -0.25) is 24.6 Å². The minimum atomic E-state index is -0.850. The molecule has 0 spiro atoms. The van der Waals surface area contributed by atoms with Gasteiger partial charge in [-0.25, -0.2) is 0 Å². The molecule has 5 rings (SSSR count). The van der Waals surface area contributed by atoms with Gasteiger partial charge < -0.3 is 4.42 Å². The fourth-order valence-electron chi connectivity index (χ4n) is 4.51. The van der Waals surface area contributed by atoms with Crippen LogP contribution in [0.5, 0.6) is 0 Å². The molecule has 0 saturated heterocycles. The fourth-order valence-corrected chi connectivity index (χ4v) is 4.51. The van der Waals surface area contributed by atoms with Crippen molar-refractivity contribution < 1.29 is 14.1 Å². The molecule has 1 aliphatic rings. The fraction of sp³-hybridized carbons (Fsp3) is 0.185. The molecule has 1 atom stereocenters. The summed E-state index contributed by atoms with van der Waals surface area (Å²) in [6.07, 6.45) is 0.840. The summed E-state index contributed by atoms with van der Waals surface area (Å²) in [5.41, 5.74) is 4.16. The zero-order valence-corrected chi connectivity index (χ0v) is 19.0. The van der Waals surface area contributed by atoms with Gasteiger partial charge in [-0.05, 0) is 66.8 Å². The summed E-state index contributed by atoms with van der Waals surface area (Å²) < 4.78 is 6.03. The topological polar surface area (TPSA) is 93.7 Å². The number of amides is 1. The molecule has 0 radical (unpaired) electrons. The number of hydrogen-bond acceptors (Lipinski definition) is 5. The van der Waals surface area contributed by atoms with Gasteiger partial charge in [-0.2, -0.15) is 0 Å². The number of benzene rings is 3. The number of non-ortho nitro benzene ring substituents is 1. The molecule has 7 nitrogen and oxygen atoms in total. The Morgan fingerprint density at radius 2 is 1.71 bits per heavy atom. The van der Waals surface area contributed by atoms with Crippen LogP contribution in [0.1, 0.15) is 51.3 Å². The first-order chi connectivity index (χ1) is 16.3. The normalized spacial score (nSPS) is 15.1. The number of rotatable bonds is 4. The number of carbonyl (C=O) groups excluding carboxylic acids is 1. The molecule has 3 aromatic carbocycles. The van der Waals surface area contributed by atoms with Crippen molar-refractivity contribution in [1.82, 2.24) is 0 Å². The van der Waals surface area contributed by atoms with Crippen LogP contribution in [-0.2, 0) is 6.42 Å². The molecule has 1 aliphatic heterocycles. The zero-order chi connectivity index (χ0) is 24.1. The second-order valence-corrected chi connectivity index (χ2v) is 8.56. The highest BCUT2D eigenvalue weighted by atomic mass is 16.6. The maximum absolute atomic E-state index is 13.7. The van der Waals surface area contributed by atoms with Crippen molar-refractivity contribution in [1.29, 1.82) is 0 Å². The third-order valence-corrected chi connectivity index (χ3v) is 6.51. The van der Waals surface area contributed by atoms with Crippen molar-refractivity contribution in [3.8, 4) is 0 Å². The smallest absolute Gasteiger partial charge is 0.295 e. The van der Waals surface area contributed by atoms with E-state index in [0.717, 1.165) is 23.1 Å². The Balaban J connectivity index is 1.81. The quantitative estimate of drug-likeness (QED) is 0.294. The van der Waals surface area contributed by atoms with E-state index >= 15 is 0 Å². The Labute approximate surface area is 195 Å². The Morgan fingerprint density at radius 1 is 1.00 bits per heavy atom. The van der Waals surface area contributed by atoms with E-state index in [9.17, 15) is 19.7 Å². The Hall–Kier alpha value is -4.26. The van der Waals surface area contributed by atoms with Crippen LogP contribution in [0, 0.1) is 24.0 Å². The third-order valence-electron chi connectivity index (χ3n) is 6.51. The van der Waals surface area contributed by atoms with Crippen molar-refractivity contribution in [2.75, 3.05) is 4.90 Å². The summed E-state index contributed by atoms with van der Waals surface area (Å²) in [6.45, 7) is 5.86. The summed E-state index contributed by atoms with van der Waals surface area (Å²) in [4.78, 5) is 39.9. The molecule has 34 heavy (non-hydrogen) atoms. The van der Waals surface area contributed by atoms with Crippen LogP contribution >= 0.6 is 0 Å². The number of nitrogens with zero attached hydrogens (tertiary/aromatic N) is 2. The highest BCUT2D eigenvalue weighted by Gasteiger charge is 2.44. The van der Waals surface area contributed by atoms with E-state index in [-0.39, 0.29) is 22.4 Å². The van der Waals surface area contributed by atoms with Crippen LogP contribution in [0.15, 0.2) is 69.9 Å². The monoisotopic (exact) mass is 454 g/mol. The lowest BCUT2D eigenvalue weighted by molar-refractivity contribution is -0.384. The Kier molecular flexibility index (Phi) is 5.05. The van der Waals surface area contributed by atoms with Crippen LogP contribution in [0.2, 0.25) is 0 Å². The van der Waals surface area contributed by atoms with Gasteiger partial charge >= 0.3 is 0 Å². The van der Waals surface area contributed by atoms with E-state index in [4.69, 9.17) is 4.42 Å². The molecule has 2 heterocycles. The number of fused-ring (bicyclic) bond motifs is 2. The Bertz CT molecular complexity index is 1540. The van der Waals surface area contributed by atoms with Gasteiger partial charge in [0.25, 0.3) is 11.6 Å². The first-order valence-corrected chi connectivity index (χ1v) is 11.0. The molecule has 170 valence electrons. The van der Waals surface area contributed by atoms with Crippen molar-refractivity contribution >= 4 is 28.3 Å². The van der Waals surface area contributed by atoms with Gasteiger partial charge in [0, 0.05) is 17.8 Å². The van der Waals surface area contributed by atoms with Gasteiger partial charge in [0.2, 0.25) is 5.76 Å². The average molecular weight is 454 g/mol. The SMILES string of the molecule is CCc1ccc(N2C(=O)c3oc4cc(C)c(C)cc4c(=O)c3C2c2cccc([N+](=O)[O-])c2)cc1. The molecule has 0 N–H and O–H groups in total. The summed E-state index contributed by atoms with van der Waals surface area (Å²) in [6, 6.07) is 16.2. The van der Waals surface area contributed by atoms with Crippen LogP contribution < -0.4 is 10.3 Å². The van der Waals surface area contributed by atoms with E-state index in [1.165, 1.54) is 17.0 Å². The first-order valence-electron chi connectivity index (χ1n) is 11.0. The lowest BCUT2D eigenvalue weighted by Gasteiger charge is -2.25. The van der Waals surface area contributed by atoms with Crippen molar-refractivity contribution in [3.05, 3.63) is 115 Å². The highest BCUT2D eigenvalue weighted by Crippen LogP contribution is 2.42. The molecule has 1 aromatic heterocycles. The molecule has 1 amide bonds. The van der Waals surface area contributed by atoms with E-state index in [0.29, 0.717) is 22.2 Å². The average Bonchev–Trinajstić information content (AvgIpc) is 3.13. The molecular weight excluding hydrogens is 432 g/mol. The summed E-state index contributed by atoms with van der Waals surface area (Å²) in [5, 5.41) is 11.8. The number of hydrogen-bond donors (Lipinski definition) is 0. The number of nitro benzene ring substituents is 1. The number of anilines is 1. The molecule has 4 aromatic rings. The highest BCUT2D eigenvalue weighted by molar-refractivity contribution is 6.10. The maximum Gasteiger partial charge on any atom is 0.295 e. The van der Waals surface area contributed by atoms with Crippen LogP contribution in [0.4, 0.5) is 11.4 Å². The maximum atomic E-state index is 13.7. The second-order valence-electron chi connectivity index (χ2n) is 8.56. The summed E-state index contributed by atoms with van der Waals surface area (Å²) in [7, 11) is 0. The zero-order valence-electron chi connectivity index (χ0n) is 19.0. The van der Waals surface area contributed by atoms with Gasteiger partial charge in [0.15, 0.2) is 5.43 Å². The summed E-state index contributed by atoms with van der Waals surface area (Å²) in [5.74, 6) is -0.482. The third kappa shape index (κ3) is 3.28. The molecule has 0 fully saturated rings. The van der Waals surface area contributed by atoms with E-state index in [1.54, 1.807) is 24.3 Å². The van der Waals surface area contributed by atoms with Gasteiger partial charge in [-0.15, -0.1) is 0 Å². The second kappa shape index (κ2) is 7.95. The minimum absolute atomic E-state index is 0.0307. The number of aryl methyl sites for hydroxylation is 3. The summed E-state index contributed by atoms with van der Waals surface area (Å²) >= 11 is 0. The molecule has 1 unspecified atom stereocenters. The van der Waals surface area contributed by atoms with Crippen LogP contribution in [-0.4, -0.2) is 10.8 Å². The van der Waals surface area contributed by atoms with Crippen molar-refractivity contribution in [3.63, 3.8) is 0 Å². The van der Waals surface area contributed by atoms with E-state index in [1.807, 2.05) is 45.0 Å². The number of nitro groups is 1. The van der Waals surface area contributed by atoms with Crippen LogP contribution in [0.25, 0.3) is 11.0 Å². The van der Waals surface area contributed by atoms with Gasteiger partial charge in [-0.1, -0.05) is 31.2 Å². The van der Waals surface area contributed by atoms with Crippen molar-refractivity contribution in [2.45, 2.75) is 33.2 Å². The molecule has 0 aliphatic carbocycles. The molecule has 7 heteroatoms. The largest absolute Gasteiger partial charge is 0.450 e. The molecular formula is C27H22N2O5. The predicted octanol–water partition coefficient (Wildman–Crippen LogP) is 5.63. The van der Waals surface area contributed by atoms with E-state index in [2.05, 4.69) is 0 Å². The van der Waals surface area contributed by atoms with Gasteiger partial charge in [0.05, 0.1) is 21.9 Å². The van der Waals surface area contributed by atoms with Crippen LogP contribution in [0.3, 0.4) is 0 Å². The molecule has 0 saturated carbocycles.